The first-order chi connectivity index (χ1) is 13.5. The fraction of sp³-hybridized carbons (Fsp3) is 0.0455. The molecule has 0 aliphatic carbocycles. The molecule has 0 saturated heterocycles. The van der Waals surface area contributed by atoms with Crippen molar-refractivity contribution < 1.29 is 19.1 Å². The molecule has 140 valence electrons. The highest BCUT2D eigenvalue weighted by atomic mass is 79.9. The Kier molecular flexibility index (Phi) is 6.01. The summed E-state index contributed by atoms with van der Waals surface area (Å²) < 4.78 is 5.44. The number of carbonyl (C=O) groups excluding carboxylic acids is 3. The molecule has 0 aromatic heterocycles. The third kappa shape index (κ3) is 4.35. The van der Waals surface area contributed by atoms with Gasteiger partial charge in [0, 0.05) is 21.2 Å². The molecule has 0 radical (unpaired) electrons. The number of benzene rings is 3. The van der Waals surface area contributed by atoms with Crippen molar-refractivity contribution in [1.29, 1.82) is 0 Å². The number of hydrogen-bond donors (Lipinski definition) is 1. The van der Waals surface area contributed by atoms with Gasteiger partial charge in [-0.05, 0) is 30.3 Å². The molecule has 3 aromatic rings. The van der Waals surface area contributed by atoms with Crippen molar-refractivity contribution in [3.05, 3.63) is 99.5 Å². The molecule has 0 aliphatic heterocycles. The van der Waals surface area contributed by atoms with Gasteiger partial charge < -0.3 is 10.1 Å². The Morgan fingerprint density at radius 3 is 2.21 bits per heavy atom. The van der Waals surface area contributed by atoms with Gasteiger partial charge in [0.25, 0.3) is 5.91 Å². The monoisotopic (exact) mass is 437 g/mol. The Morgan fingerprint density at radius 1 is 0.821 bits per heavy atom. The van der Waals surface area contributed by atoms with Crippen LogP contribution in [0.1, 0.15) is 36.6 Å². The van der Waals surface area contributed by atoms with Crippen LogP contribution in [0.4, 0.5) is 5.69 Å². The molecule has 1 N–H and O–H groups in total. The molecule has 0 bridgehead atoms. The Balaban J connectivity index is 1.87. The van der Waals surface area contributed by atoms with E-state index in [4.69, 9.17) is 4.74 Å². The number of amides is 1. The van der Waals surface area contributed by atoms with Gasteiger partial charge >= 0.3 is 5.97 Å². The van der Waals surface area contributed by atoms with E-state index in [9.17, 15) is 14.4 Å². The molecule has 0 heterocycles. The number of nitrogens with one attached hydrogen (secondary N) is 1. The van der Waals surface area contributed by atoms with E-state index in [2.05, 4.69) is 21.2 Å². The number of ether oxygens (including phenoxy) is 1. The van der Waals surface area contributed by atoms with Gasteiger partial charge in [0.05, 0.1) is 18.4 Å². The van der Waals surface area contributed by atoms with Gasteiger partial charge in [-0.25, -0.2) is 4.79 Å². The average molecular weight is 438 g/mol. The minimum Gasteiger partial charge on any atom is -0.465 e. The maximum atomic E-state index is 12.7. The summed E-state index contributed by atoms with van der Waals surface area (Å²) in [7, 11) is 1.27. The Bertz CT molecular complexity index is 1050. The van der Waals surface area contributed by atoms with Crippen molar-refractivity contribution in [2.24, 2.45) is 0 Å². The second-order valence-electron chi connectivity index (χ2n) is 5.91. The number of carbonyl (C=O) groups is 3. The predicted octanol–water partition coefficient (Wildman–Crippen LogP) is 4.72. The summed E-state index contributed by atoms with van der Waals surface area (Å²) in [5.74, 6) is -1.17. The zero-order chi connectivity index (χ0) is 20.1. The zero-order valence-electron chi connectivity index (χ0n) is 14.9. The molecule has 0 fully saturated rings. The van der Waals surface area contributed by atoms with Crippen molar-refractivity contribution in [1.82, 2.24) is 0 Å². The third-order valence-corrected chi connectivity index (χ3v) is 4.55. The van der Waals surface area contributed by atoms with Crippen molar-refractivity contribution in [2.45, 2.75) is 0 Å². The molecule has 0 aliphatic rings. The number of anilines is 1. The van der Waals surface area contributed by atoms with Gasteiger partial charge in [-0.2, -0.15) is 0 Å². The Labute approximate surface area is 170 Å². The predicted molar refractivity (Wildman–Crippen MR) is 110 cm³/mol. The minimum atomic E-state index is -0.565. The molecule has 3 rings (SSSR count). The third-order valence-electron chi connectivity index (χ3n) is 4.06. The lowest BCUT2D eigenvalue weighted by Crippen LogP contribution is -2.16. The van der Waals surface area contributed by atoms with Crippen LogP contribution >= 0.6 is 15.9 Å². The lowest BCUT2D eigenvalue weighted by Gasteiger charge is -2.11. The molecule has 0 saturated carbocycles. The fourth-order valence-electron chi connectivity index (χ4n) is 2.66. The van der Waals surface area contributed by atoms with E-state index in [-0.39, 0.29) is 11.3 Å². The molecule has 6 heteroatoms. The van der Waals surface area contributed by atoms with Crippen LogP contribution in [0.25, 0.3) is 0 Å². The topological polar surface area (TPSA) is 72.5 Å². The molecule has 0 unspecified atom stereocenters. The summed E-state index contributed by atoms with van der Waals surface area (Å²) >= 11 is 3.29. The van der Waals surface area contributed by atoms with Crippen molar-refractivity contribution in [3.8, 4) is 0 Å². The standard InChI is InChI=1S/C22H16BrNO4/c1-28-22(27)18-13-17(23)10-11-19(18)24-21(26)16-9-5-8-15(12-16)20(25)14-6-3-2-4-7-14/h2-13H,1H3,(H,24,26). The fourth-order valence-corrected chi connectivity index (χ4v) is 3.02. The smallest absolute Gasteiger partial charge is 0.340 e. The lowest BCUT2D eigenvalue weighted by molar-refractivity contribution is 0.0601. The average Bonchev–Trinajstić information content (AvgIpc) is 2.74. The highest BCUT2D eigenvalue weighted by molar-refractivity contribution is 9.10. The van der Waals surface area contributed by atoms with Crippen LogP contribution < -0.4 is 5.32 Å². The summed E-state index contributed by atoms with van der Waals surface area (Å²) in [5, 5.41) is 2.70. The largest absolute Gasteiger partial charge is 0.465 e. The van der Waals surface area contributed by atoms with Crippen LogP contribution in [0.15, 0.2) is 77.3 Å². The Morgan fingerprint density at radius 2 is 1.50 bits per heavy atom. The van der Waals surface area contributed by atoms with E-state index in [1.807, 2.05) is 6.07 Å². The van der Waals surface area contributed by atoms with E-state index in [0.29, 0.717) is 26.9 Å². The van der Waals surface area contributed by atoms with Crippen molar-refractivity contribution >= 4 is 39.3 Å². The van der Waals surface area contributed by atoms with Gasteiger partial charge in [0.2, 0.25) is 0 Å². The molecular formula is C22H16BrNO4. The molecule has 0 atom stereocenters. The maximum absolute atomic E-state index is 12.7. The normalized spacial score (nSPS) is 10.2. The number of halogens is 1. The lowest BCUT2D eigenvalue weighted by atomic mass is 10.0. The number of ketones is 1. The summed E-state index contributed by atoms with van der Waals surface area (Å²) in [5.41, 5.74) is 1.80. The van der Waals surface area contributed by atoms with E-state index >= 15 is 0 Å². The molecular weight excluding hydrogens is 422 g/mol. The first-order valence-electron chi connectivity index (χ1n) is 8.38. The van der Waals surface area contributed by atoms with Crippen LogP contribution in [-0.2, 0) is 4.74 Å². The molecule has 3 aromatic carbocycles. The minimum absolute atomic E-state index is 0.172. The molecule has 28 heavy (non-hydrogen) atoms. The van der Waals surface area contributed by atoms with Crippen LogP contribution in [0, 0.1) is 0 Å². The maximum Gasteiger partial charge on any atom is 0.340 e. The van der Waals surface area contributed by atoms with Crippen molar-refractivity contribution in [3.63, 3.8) is 0 Å². The second-order valence-corrected chi connectivity index (χ2v) is 6.83. The summed E-state index contributed by atoms with van der Waals surface area (Å²) in [6, 6.07) is 20.2. The van der Waals surface area contributed by atoms with Gasteiger partial charge in [-0.15, -0.1) is 0 Å². The first kappa shape index (κ1) is 19.5. The van der Waals surface area contributed by atoms with E-state index < -0.39 is 11.9 Å². The van der Waals surface area contributed by atoms with Crippen LogP contribution in [0.5, 0.6) is 0 Å². The number of esters is 1. The summed E-state index contributed by atoms with van der Waals surface area (Å²) in [6.45, 7) is 0. The van der Waals surface area contributed by atoms with E-state index in [1.165, 1.54) is 13.2 Å². The van der Waals surface area contributed by atoms with Gasteiger partial charge in [-0.1, -0.05) is 58.4 Å². The van der Waals surface area contributed by atoms with Gasteiger partial charge in [0.1, 0.15) is 0 Å². The van der Waals surface area contributed by atoms with Gasteiger partial charge in [-0.3, -0.25) is 9.59 Å². The second kappa shape index (κ2) is 8.63. The van der Waals surface area contributed by atoms with Crippen molar-refractivity contribution in [2.75, 3.05) is 12.4 Å². The van der Waals surface area contributed by atoms with Gasteiger partial charge in [0.15, 0.2) is 5.78 Å². The Hall–Kier alpha value is -3.25. The van der Waals surface area contributed by atoms with E-state index in [1.54, 1.807) is 60.7 Å². The first-order valence-corrected chi connectivity index (χ1v) is 9.18. The number of rotatable bonds is 5. The quantitative estimate of drug-likeness (QED) is 0.462. The summed E-state index contributed by atoms with van der Waals surface area (Å²) in [4.78, 5) is 37.3. The highest BCUT2D eigenvalue weighted by Crippen LogP contribution is 2.23. The van der Waals surface area contributed by atoms with E-state index in [0.717, 1.165) is 0 Å². The number of hydrogen-bond acceptors (Lipinski definition) is 4. The molecule has 5 nitrogen and oxygen atoms in total. The molecule has 1 amide bonds. The summed E-state index contributed by atoms with van der Waals surface area (Å²) in [6.07, 6.45) is 0. The SMILES string of the molecule is COC(=O)c1cc(Br)ccc1NC(=O)c1cccc(C(=O)c2ccccc2)c1. The molecule has 0 spiro atoms. The highest BCUT2D eigenvalue weighted by Gasteiger charge is 2.17. The zero-order valence-corrected chi connectivity index (χ0v) is 16.5. The van der Waals surface area contributed by atoms with Crippen LogP contribution in [0.2, 0.25) is 0 Å². The van der Waals surface area contributed by atoms with Crippen LogP contribution in [0.3, 0.4) is 0 Å². The number of methoxy groups -OCH3 is 1. The van der Waals surface area contributed by atoms with Crippen LogP contribution in [-0.4, -0.2) is 24.8 Å².